The van der Waals surface area contributed by atoms with Crippen molar-refractivity contribution in [1.82, 2.24) is 9.38 Å². The van der Waals surface area contributed by atoms with Crippen LogP contribution in [-0.2, 0) is 6.54 Å². The highest BCUT2D eigenvalue weighted by Crippen LogP contribution is 2.25. The number of anilines is 2. The van der Waals surface area contributed by atoms with Crippen LogP contribution in [0.5, 0.6) is 0 Å². The summed E-state index contributed by atoms with van der Waals surface area (Å²) in [6.45, 7) is 0.305. The number of benzene rings is 1. The summed E-state index contributed by atoms with van der Waals surface area (Å²) >= 11 is 0. The molecule has 24 heavy (non-hydrogen) atoms. The van der Waals surface area contributed by atoms with Crippen LogP contribution >= 0.6 is 0 Å². The van der Waals surface area contributed by atoms with Crippen molar-refractivity contribution in [3.63, 3.8) is 0 Å². The van der Waals surface area contributed by atoms with Gasteiger partial charge in [-0.2, -0.15) is 9.38 Å². The van der Waals surface area contributed by atoms with Gasteiger partial charge in [0.1, 0.15) is 0 Å². The highest BCUT2D eigenvalue weighted by atomic mass is 16.6. The van der Waals surface area contributed by atoms with E-state index in [0.29, 0.717) is 17.9 Å². The number of nitrogens with two attached hydrogens (primary N) is 1. The zero-order valence-electron chi connectivity index (χ0n) is 12.5. The number of hydrogen-bond donors (Lipinski definition) is 3. The molecule has 122 valence electrons. The summed E-state index contributed by atoms with van der Waals surface area (Å²) < 4.78 is 1.41. The third-order valence-corrected chi connectivity index (χ3v) is 3.33. The molecule has 0 fully saturated rings. The van der Waals surface area contributed by atoms with Crippen LogP contribution in [0.2, 0.25) is 0 Å². The van der Waals surface area contributed by atoms with E-state index in [2.05, 4.69) is 15.6 Å². The number of amides is 2. The van der Waals surface area contributed by atoms with Gasteiger partial charge in [0, 0.05) is 18.3 Å². The summed E-state index contributed by atoms with van der Waals surface area (Å²) in [5.74, 6) is 0.0523. The molecule has 9 nitrogen and oxygen atoms in total. The summed E-state index contributed by atoms with van der Waals surface area (Å²) in [5.41, 5.74) is 6.92. The first-order valence-corrected chi connectivity index (χ1v) is 7.05. The van der Waals surface area contributed by atoms with E-state index < -0.39 is 11.0 Å². The molecule has 0 spiro atoms. The molecule has 3 aromatic rings. The summed E-state index contributed by atoms with van der Waals surface area (Å²) in [6, 6.07) is 11.5. The number of carbonyl (C=O) groups excluding carboxylic acids is 1. The van der Waals surface area contributed by atoms with Gasteiger partial charge < -0.3 is 26.5 Å². The van der Waals surface area contributed by atoms with Crippen LogP contribution in [-0.4, -0.2) is 20.3 Å². The monoisotopic (exact) mass is 326 g/mol. The number of pyridine rings is 1. The van der Waals surface area contributed by atoms with Crippen molar-refractivity contribution < 1.29 is 9.72 Å². The number of rotatable bonds is 5. The number of imidazole rings is 1. The fourth-order valence-corrected chi connectivity index (χ4v) is 2.36. The Balaban J connectivity index is 1.84. The molecule has 0 aliphatic rings. The predicted molar refractivity (Wildman–Crippen MR) is 88.8 cm³/mol. The molecule has 3 rings (SSSR count). The van der Waals surface area contributed by atoms with E-state index in [1.807, 2.05) is 6.07 Å². The molecule has 4 N–H and O–H groups in total. The van der Waals surface area contributed by atoms with Crippen LogP contribution < -0.4 is 16.4 Å². The van der Waals surface area contributed by atoms with Gasteiger partial charge in [-0.05, 0) is 28.7 Å². The Morgan fingerprint density at radius 3 is 2.88 bits per heavy atom. The average Bonchev–Trinajstić information content (AvgIpc) is 2.91. The first kappa shape index (κ1) is 15.3. The van der Waals surface area contributed by atoms with Crippen molar-refractivity contribution >= 4 is 29.0 Å². The number of fused-ring (bicyclic) bond motifs is 1. The lowest BCUT2D eigenvalue weighted by Crippen LogP contribution is -2.19. The Labute approximate surface area is 136 Å². The number of carbonyl (C=O) groups is 1. The standard InChI is InChI=1S/C15H14N6O3/c16-15(22)18-11-5-3-4-10(8-11)9-17-13-14(21(23)24)20-7-2-1-6-12(20)19-13/h1-8,17H,9H2,(H3,16,18,22). The average molecular weight is 326 g/mol. The number of aromatic nitrogens is 2. The van der Waals surface area contributed by atoms with Crippen LogP contribution in [0.15, 0.2) is 48.7 Å². The lowest BCUT2D eigenvalue weighted by molar-refractivity contribution is -0.389. The molecule has 2 aromatic heterocycles. The Morgan fingerprint density at radius 2 is 2.12 bits per heavy atom. The fraction of sp³-hybridized carbons (Fsp3) is 0.0667. The van der Waals surface area contributed by atoms with Gasteiger partial charge in [0.25, 0.3) is 0 Å². The minimum Gasteiger partial charge on any atom is -0.359 e. The highest BCUT2D eigenvalue weighted by molar-refractivity contribution is 5.87. The van der Waals surface area contributed by atoms with E-state index in [-0.39, 0.29) is 11.6 Å². The van der Waals surface area contributed by atoms with E-state index in [9.17, 15) is 14.9 Å². The minimum atomic E-state index is -0.656. The van der Waals surface area contributed by atoms with Crippen molar-refractivity contribution in [3.8, 4) is 0 Å². The zero-order chi connectivity index (χ0) is 17.1. The van der Waals surface area contributed by atoms with Crippen molar-refractivity contribution in [2.24, 2.45) is 5.73 Å². The second-order valence-electron chi connectivity index (χ2n) is 5.01. The van der Waals surface area contributed by atoms with Gasteiger partial charge in [-0.25, -0.2) is 4.79 Å². The maximum absolute atomic E-state index is 11.3. The Bertz CT molecular complexity index is 920. The van der Waals surface area contributed by atoms with Gasteiger partial charge in [0.15, 0.2) is 0 Å². The van der Waals surface area contributed by atoms with Gasteiger partial charge in [-0.1, -0.05) is 18.2 Å². The number of nitro groups is 1. The zero-order valence-corrected chi connectivity index (χ0v) is 12.5. The topological polar surface area (TPSA) is 128 Å². The summed E-state index contributed by atoms with van der Waals surface area (Å²) in [5, 5.41) is 16.8. The smallest absolute Gasteiger partial charge is 0.359 e. The molecule has 9 heteroatoms. The third-order valence-electron chi connectivity index (χ3n) is 3.33. The van der Waals surface area contributed by atoms with Crippen molar-refractivity contribution in [1.29, 1.82) is 0 Å². The molecule has 1 aromatic carbocycles. The second kappa shape index (κ2) is 6.24. The minimum absolute atomic E-state index is 0.128. The van der Waals surface area contributed by atoms with E-state index in [4.69, 9.17) is 5.73 Å². The molecule has 0 atom stereocenters. The number of hydrogen-bond acceptors (Lipinski definition) is 5. The molecule has 0 saturated carbocycles. The number of nitrogens with zero attached hydrogens (tertiary/aromatic N) is 3. The van der Waals surface area contributed by atoms with Gasteiger partial charge in [0.2, 0.25) is 11.5 Å². The van der Waals surface area contributed by atoms with Crippen LogP contribution in [0.3, 0.4) is 0 Å². The fourth-order valence-electron chi connectivity index (χ4n) is 2.36. The maximum Gasteiger partial charge on any atom is 0.372 e. The van der Waals surface area contributed by atoms with E-state index in [0.717, 1.165) is 5.56 Å². The van der Waals surface area contributed by atoms with E-state index in [1.54, 1.807) is 42.6 Å². The van der Waals surface area contributed by atoms with Crippen LogP contribution in [0.25, 0.3) is 5.65 Å². The van der Waals surface area contributed by atoms with Crippen LogP contribution in [0, 0.1) is 10.1 Å². The molecular weight excluding hydrogens is 312 g/mol. The van der Waals surface area contributed by atoms with Crippen molar-refractivity contribution in [2.45, 2.75) is 6.54 Å². The molecule has 0 aliphatic heterocycles. The second-order valence-corrected chi connectivity index (χ2v) is 5.01. The van der Waals surface area contributed by atoms with Gasteiger partial charge >= 0.3 is 11.8 Å². The number of urea groups is 1. The normalized spacial score (nSPS) is 10.5. The lowest BCUT2D eigenvalue weighted by atomic mass is 10.2. The summed E-state index contributed by atoms with van der Waals surface area (Å²) in [7, 11) is 0. The molecule has 0 radical (unpaired) electrons. The summed E-state index contributed by atoms with van der Waals surface area (Å²) in [6.07, 6.45) is 1.59. The van der Waals surface area contributed by atoms with E-state index >= 15 is 0 Å². The molecule has 0 aliphatic carbocycles. The molecule has 0 unspecified atom stereocenters. The van der Waals surface area contributed by atoms with Gasteiger partial charge in [-0.15, -0.1) is 0 Å². The van der Waals surface area contributed by atoms with Crippen LogP contribution in [0.1, 0.15) is 5.56 Å². The maximum atomic E-state index is 11.3. The molecule has 2 heterocycles. The molecular formula is C15H14N6O3. The first-order valence-electron chi connectivity index (χ1n) is 7.05. The first-order chi connectivity index (χ1) is 11.5. The molecule has 0 saturated heterocycles. The van der Waals surface area contributed by atoms with Crippen molar-refractivity contribution in [3.05, 3.63) is 64.3 Å². The Kier molecular flexibility index (Phi) is 3.98. The van der Waals surface area contributed by atoms with Gasteiger partial charge in [-0.3, -0.25) is 0 Å². The molecule has 0 bridgehead atoms. The summed E-state index contributed by atoms with van der Waals surface area (Å²) in [4.78, 5) is 26.0. The van der Waals surface area contributed by atoms with Crippen molar-refractivity contribution in [2.75, 3.05) is 10.6 Å². The van der Waals surface area contributed by atoms with Gasteiger partial charge in [0.05, 0.1) is 6.20 Å². The van der Waals surface area contributed by atoms with Crippen LogP contribution in [0.4, 0.5) is 22.1 Å². The SMILES string of the molecule is NC(=O)Nc1cccc(CNc2nc3ccccn3c2[N+](=O)[O-])c1. The lowest BCUT2D eigenvalue weighted by Gasteiger charge is -2.06. The number of nitrogens with one attached hydrogen (secondary N) is 2. The molecule has 2 amide bonds. The Morgan fingerprint density at radius 1 is 1.29 bits per heavy atom. The largest absolute Gasteiger partial charge is 0.372 e. The Hall–Kier alpha value is -3.62. The highest BCUT2D eigenvalue weighted by Gasteiger charge is 2.21. The quantitative estimate of drug-likeness (QED) is 0.490. The van der Waals surface area contributed by atoms with E-state index in [1.165, 1.54) is 4.40 Å². The predicted octanol–water partition coefficient (Wildman–Crippen LogP) is 2.35. The number of primary amides is 1. The third kappa shape index (κ3) is 3.09.